The number of nitrogens with two attached hydrogens (primary N) is 1. The lowest BCUT2D eigenvalue weighted by atomic mass is 10.1. The molecule has 2 rings (SSSR count). The van der Waals surface area contributed by atoms with Crippen molar-refractivity contribution in [3.63, 3.8) is 0 Å². The maximum atomic E-state index is 13.2. The summed E-state index contributed by atoms with van der Waals surface area (Å²) in [6.45, 7) is 1.29. The van der Waals surface area contributed by atoms with Crippen molar-refractivity contribution < 1.29 is 9.13 Å². The van der Waals surface area contributed by atoms with Crippen LogP contribution < -0.4 is 15.8 Å². The van der Waals surface area contributed by atoms with Crippen molar-refractivity contribution >= 4 is 22.9 Å². The topological polar surface area (TPSA) is 47.3 Å². The highest BCUT2D eigenvalue weighted by atomic mass is 32.1. The molecule has 0 heterocycles. The molecule has 110 valence electrons. The van der Waals surface area contributed by atoms with Crippen molar-refractivity contribution in [2.24, 2.45) is 5.73 Å². The second-order valence-electron chi connectivity index (χ2n) is 4.50. The molecule has 21 heavy (non-hydrogen) atoms. The highest BCUT2D eigenvalue weighted by molar-refractivity contribution is 7.80. The number of hydrogen-bond acceptors (Lipinski definition) is 3. The fourth-order valence-electron chi connectivity index (χ4n) is 1.88. The molecule has 0 aromatic heterocycles. The van der Waals surface area contributed by atoms with Crippen LogP contribution in [-0.2, 0) is 0 Å². The van der Waals surface area contributed by atoms with Gasteiger partial charge in [0.15, 0.2) is 0 Å². The molecule has 0 aliphatic heterocycles. The number of hydrogen-bond donors (Lipinski definition) is 2. The largest absolute Gasteiger partial charge is 0.494 e. The normalized spacial score (nSPS) is 10.1. The Hall–Kier alpha value is -2.14. The number of halogens is 1. The average Bonchev–Trinajstić information content (AvgIpc) is 2.49. The highest BCUT2D eigenvalue weighted by Crippen LogP contribution is 2.17. The zero-order chi connectivity index (χ0) is 15.1. The van der Waals surface area contributed by atoms with Gasteiger partial charge in [0, 0.05) is 17.8 Å². The van der Waals surface area contributed by atoms with E-state index in [0.717, 1.165) is 17.9 Å². The van der Waals surface area contributed by atoms with Crippen molar-refractivity contribution in [1.82, 2.24) is 0 Å². The molecule has 2 aromatic rings. The molecule has 3 nitrogen and oxygen atoms in total. The molecule has 3 N–H and O–H groups in total. The maximum absolute atomic E-state index is 13.2. The first-order valence-corrected chi connectivity index (χ1v) is 7.09. The molecule has 5 heteroatoms. The number of para-hydroxylation sites is 1. The average molecular weight is 304 g/mol. The Kier molecular flexibility index (Phi) is 5.51. The summed E-state index contributed by atoms with van der Waals surface area (Å²) in [7, 11) is 0. The molecule has 0 aliphatic rings. The van der Waals surface area contributed by atoms with E-state index in [-0.39, 0.29) is 10.8 Å². The van der Waals surface area contributed by atoms with E-state index in [1.807, 2.05) is 30.3 Å². The van der Waals surface area contributed by atoms with Crippen LogP contribution in [0.2, 0.25) is 0 Å². The summed E-state index contributed by atoms with van der Waals surface area (Å²) < 4.78 is 18.8. The van der Waals surface area contributed by atoms with Crippen LogP contribution in [0.5, 0.6) is 5.75 Å². The molecule has 2 aromatic carbocycles. The van der Waals surface area contributed by atoms with Gasteiger partial charge in [-0.05, 0) is 36.8 Å². The van der Waals surface area contributed by atoms with Crippen molar-refractivity contribution in [2.75, 3.05) is 18.5 Å². The molecule has 0 spiro atoms. The highest BCUT2D eigenvalue weighted by Gasteiger charge is 2.06. The van der Waals surface area contributed by atoms with E-state index in [1.165, 1.54) is 12.1 Å². The molecular weight excluding hydrogens is 287 g/mol. The molecule has 0 unspecified atom stereocenters. The van der Waals surface area contributed by atoms with Gasteiger partial charge >= 0.3 is 0 Å². The number of benzene rings is 2. The van der Waals surface area contributed by atoms with E-state index in [9.17, 15) is 4.39 Å². The minimum absolute atomic E-state index is 0.178. The van der Waals surface area contributed by atoms with E-state index in [1.54, 1.807) is 6.07 Å². The summed E-state index contributed by atoms with van der Waals surface area (Å²) in [6, 6.07) is 14.0. The van der Waals surface area contributed by atoms with Crippen LogP contribution in [0.1, 0.15) is 12.0 Å². The third-order valence-electron chi connectivity index (χ3n) is 2.90. The zero-order valence-electron chi connectivity index (χ0n) is 11.5. The zero-order valence-corrected chi connectivity index (χ0v) is 12.3. The Bertz CT molecular complexity index is 604. The second kappa shape index (κ2) is 7.59. The SMILES string of the molecule is NC(=S)c1cc(F)ccc1NCCCOc1ccccc1. The first kappa shape index (κ1) is 15.3. The Morgan fingerprint density at radius 2 is 1.95 bits per heavy atom. The smallest absolute Gasteiger partial charge is 0.124 e. The van der Waals surface area contributed by atoms with Gasteiger partial charge < -0.3 is 15.8 Å². The first-order valence-electron chi connectivity index (χ1n) is 6.68. The van der Waals surface area contributed by atoms with E-state index in [4.69, 9.17) is 22.7 Å². The standard InChI is InChI=1S/C16H17FN2OS/c17-12-7-8-15(14(11-12)16(18)21)19-9-4-10-20-13-5-2-1-3-6-13/h1-3,5-8,11,19H,4,9-10H2,(H2,18,21). The molecule has 0 saturated heterocycles. The molecule has 0 bridgehead atoms. The minimum Gasteiger partial charge on any atom is -0.494 e. The summed E-state index contributed by atoms with van der Waals surface area (Å²) in [4.78, 5) is 0.178. The lowest BCUT2D eigenvalue weighted by Crippen LogP contribution is -2.15. The Balaban J connectivity index is 1.80. The van der Waals surface area contributed by atoms with Gasteiger partial charge in [0.05, 0.1) is 6.61 Å². The molecule has 0 aliphatic carbocycles. The van der Waals surface area contributed by atoms with Crippen LogP contribution in [0.15, 0.2) is 48.5 Å². The Labute approximate surface area is 128 Å². The minimum atomic E-state index is -0.351. The van der Waals surface area contributed by atoms with E-state index >= 15 is 0 Å². The van der Waals surface area contributed by atoms with Gasteiger partial charge in [0.2, 0.25) is 0 Å². The number of thiocarbonyl (C=S) groups is 1. The summed E-state index contributed by atoms with van der Waals surface area (Å²) in [5, 5.41) is 3.19. The van der Waals surface area contributed by atoms with Crippen LogP contribution >= 0.6 is 12.2 Å². The predicted molar refractivity (Wildman–Crippen MR) is 87.3 cm³/mol. The van der Waals surface area contributed by atoms with Crippen LogP contribution in [0.4, 0.5) is 10.1 Å². The van der Waals surface area contributed by atoms with Gasteiger partial charge in [0.25, 0.3) is 0 Å². The first-order chi connectivity index (χ1) is 10.2. The number of anilines is 1. The van der Waals surface area contributed by atoms with Gasteiger partial charge in [-0.25, -0.2) is 4.39 Å². The molecular formula is C16H17FN2OS. The van der Waals surface area contributed by atoms with Crippen molar-refractivity contribution in [3.8, 4) is 5.75 Å². The molecule has 0 saturated carbocycles. The Morgan fingerprint density at radius 3 is 2.67 bits per heavy atom. The number of rotatable bonds is 7. The number of nitrogens with one attached hydrogen (secondary N) is 1. The third kappa shape index (κ3) is 4.72. The van der Waals surface area contributed by atoms with Crippen LogP contribution in [-0.4, -0.2) is 18.1 Å². The predicted octanol–water partition coefficient (Wildman–Crippen LogP) is 3.34. The van der Waals surface area contributed by atoms with E-state index < -0.39 is 0 Å². The molecule has 0 atom stereocenters. The van der Waals surface area contributed by atoms with Crippen molar-refractivity contribution in [1.29, 1.82) is 0 Å². The van der Waals surface area contributed by atoms with Crippen molar-refractivity contribution in [2.45, 2.75) is 6.42 Å². The molecule has 0 fully saturated rings. The van der Waals surface area contributed by atoms with Crippen LogP contribution in [0.3, 0.4) is 0 Å². The lowest BCUT2D eigenvalue weighted by Gasteiger charge is -2.11. The lowest BCUT2D eigenvalue weighted by molar-refractivity contribution is 0.315. The summed E-state index contributed by atoms with van der Waals surface area (Å²) in [6.07, 6.45) is 0.809. The molecule has 0 radical (unpaired) electrons. The van der Waals surface area contributed by atoms with Gasteiger partial charge in [-0.3, -0.25) is 0 Å². The fraction of sp³-hybridized carbons (Fsp3) is 0.188. The summed E-state index contributed by atoms with van der Waals surface area (Å²) in [5.74, 6) is 0.499. The van der Waals surface area contributed by atoms with Gasteiger partial charge in [-0.2, -0.15) is 0 Å². The summed E-state index contributed by atoms with van der Waals surface area (Å²) >= 11 is 4.92. The van der Waals surface area contributed by atoms with E-state index in [2.05, 4.69) is 5.32 Å². The number of ether oxygens (including phenoxy) is 1. The quantitative estimate of drug-likeness (QED) is 0.608. The van der Waals surface area contributed by atoms with Gasteiger partial charge in [-0.15, -0.1) is 0 Å². The Morgan fingerprint density at radius 1 is 1.19 bits per heavy atom. The van der Waals surface area contributed by atoms with Gasteiger partial charge in [-0.1, -0.05) is 30.4 Å². The van der Waals surface area contributed by atoms with Crippen molar-refractivity contribution in [3.05, 3.63) is 59.9 Å². The third-order valence-corrected chi connectivity index (χ3v) is 3.12. The second-order valence-corrected chi connectivity index (χ2v) is 4.94. The van der Waals surface area contributed by atoms with Crippen LogP contribution in [0.25, 0.3) is 0 Å². The van der Waals surface area contributed by atoms with E-state index in [0.29, 0.717) is 18.7 Å². The maximum Gasteiger partial charge on any atom is 0.124 e. The summed E-state index contributed by atoms with van der Waals surface area (Å²) in [5.41, 5.74) is 6.85. The fourth-order valence-corrected chi connectivity index (χ4v) is 2.05. The van der Waals surface area contributed by atoms with Gasteiger partial charge in [0.1, 0.15) is 16.6 Å². The van der Waals surface area contributed by atoms with Crippen LogP contribution in [0, 0.1) is 5.82 Å². The molecule has 0 amide bonds. The monoisotopic (exact) mass is 304 g/mol.